The fourth-order valence-electron chi connectivity index (χ4n) is 7.80. The van der Waals surface area contributed by atoms with Crippen LogP contribution in [0.2, 0.25) is 0 Å². The predicted octanol–water partition coefficient (Wildman–Crippen LogP) is 10.6. The molecular weight excluding hydrogens is 613 g/mol. The Balaban J connectivity index is 1.26. The van der Waals surface area contributed by atoms with Crippen LogP contribution in [0.1, 0.15) is 0 Å². The molecule has 7 aromatic carbocycles. The Morgan fingerprint density at radius 1 is 0.360 bits per heavy atom. The highest BCUT2D eigenvalue weighted by Crippen LogP contribution is 2.40. The first-order valence-corrected chi connectivity index (χ1v) is 16.7. The minimum absolute atomic E-state index is 0.599. The van der Waals surface area contributed by atoms with Gasteiger partial charge in [-0.05, 0) is 47.2 Å². The van der Waals surface area contributed by atoms with Crippen LogP contribution in [0.25, 0.3) is 99.2 Å². The van der Waals surface area contributed by atoms with E-state index >= 15 is 0 Å². The van der Waals surface area contributed by atoms with Gasteiger partial charge in [0.05, 0.1) is 22.1 Å². The second-order valence-electron chi connectivity index (χ2n) is 12.7. The van der Waals surface area contributed by atoms with Crippen LogP contribution in [0.5, 0.6) is 0 Å². The fourth-order valence-corrected chi connectivity index (χ4v) is 7.80. The van der Waals surface area contributed by atoms with E-state index in [0.717, 1.165) is 71.2 Å². The standard InChI is InChI=1S/C44H26N6/c1-3-13-27(14-4-1)43-45-25-35-29-17-7-8-18-30(29)36-26-46-44(48-42(36)41(35)47-43)50-38-22-12-10-20-32(38)34-23-33-31-19-9-11-21-37(31)49(39(33)24-40(34)50)28-15-5-2-6-16-28/h1-26H. The van der Waals surface area contributed by atoms with Gasteiger partial charge in [-0.2, -0.15) is 0 Å². The third-order valence-corrected chi connectivity index (χ3v) is 10.0. The van der Waals surface area contributed by atoms with Crippen molar-refractivity contribution in [2.45, 2.75) is 0 Å². The maximum Gasteiger partial charge on any atom is 0.235 e. The van der Waals surface area contributed by atoms with E-state index in [1.807, 2.05) is 42.7 Å². The lowest BCUT2D eigenvalue weighted by molar-refractivity contribution is 1.01. The summed E-state index contributed by atoms with van der Waals surface area (Å²) in [4.78, 5) is 20.5. The van der Waals surface area contributed by atoms with Gasteiger partial charge in [0, 0.05) is 56.0 Å². The number of fused-ring (bicyclic) bond motifs is 12. The molecule has 0 amide bonds. The molecule has 0 aliphatic heterocycles. The first-order valence-electron chi connectivity index (χ1n) is 16.7. The van der Waals surface area contributed by atoms with Gasteiger partial charge in [0.25, 0.3) is 0 Å². The molecule has 0 saturated carbocycles. The number of hydrogen-bond donors (Lipinski definition) is 0. The van der Waals surface area contributed by atoms with Crippen molar-refractivity contribution in [1.82, 2.24) is 29.1 Å². The first kappa shape index (κ1) is 27.1. The van der Waals surface area contributed by atoms with Crippen LogP contribution in [0, 0.1) is 0 Å². The maximum atomic E-state index is 5.39. The van der Waals surface area contributed by atoms with E-state index in [1.165, 1.54) is 16.3 Å². The predicted molar refractivity (Wildman–Crippen MR) is 204 cm³/mol. The van der Waals surface area contributed by atoms with Crippen molar-refractivity contribution in [1.29, 1.82) is 0 Å². The molecule has 11 aromatic rings. The molecule has 232 valence electrons. The van der Waals surface area contributed by atoms with Crippen molar-refractivity contribution in [3.05, 3.63) is 158 Å². The molecule has 0 saturated heterocycles. The molecule has 0 spiro atoms. The van der Waals surface area contributed by atoms with Gasteiger partial charge in [0.2, 0.25) is 5.95 Å². The summed E-state index contributed by atoms with van der Waals surface area (Å²) < 4.78 is 4.56. The lowest BCUT2D eigenvalue weighted by atomic mass is 10.0. The summed E-state index contributed by atoms with van der Waals surface area (Å²) in [5.74, 6) is 1.27. The van der Waals surface area contributed by atoms with Crippen LogP contribution < -0.4 is 0 Å². The molecule has 0 aliphatic rings. The summed E-state index contributed by atoms with van der Waals surface area (Å²) in [6.45, 7) is 0. The van der Waals surface area contributed by atoms with E-state index in [0.29, 0.717) is 11.8 Å². The zero-order valence-electron chi connectivity index (χ0n) is 26.7. The molecule has 4 aromatic heterocycles. The number of rotatable bonds is 3. The van der Waals surface area contributed by atoms with Gasteiger partial charge in [-0.3, -0.25) is 4.57 Å². The van der Waals surface area contributed by atoms with Crippen molar-refractivity contribution < 1.29 is 0 Å². The largest absolute Gasteiger partial charge is 0.309 e. The quantitative estimate of drug-likeness (QED) is 0.181. The minimum Gasteiger partial charge on any atom is -0.309 e. The van der Waals surface area contributed by atoms with E-state index in [-0.39, 0.29) is 0 Å². The number of nitrogens with zero attached hydrogens (tertiary/aromatic N) is 6. The first-order chi connectivity index (χ1) is 24.8. The Kier molecular flexibility index (Phi) is 5.57. The molecule has 0 fully saturated rings. The fraction of sp³-hybridized carbons (Fsp3) is 0. The average molecular weight is 639 g/mol. The molecule has 0 aliphatic carbocycles. The van der Waals surface area contributed by atoms with Crippen molar-refractivity contribution in [2.24, 2.45) is 0 Å². The molecule has 0 unspecified atom stereocenters. The summed E-state index contributed by atoms with van der Waals surface area (Å²) in [7, 11) is 0. The number of aromatic nitrogens is 6. The highest BCUT2D eigenvalue weighted by atomic mass is 15.2. The monoisotopic (exact) mass is 638 g/mol. The second kappa shape index (κ2) is 10.3. The van der Waals surface area contributed by atoms with Crippen molar-refractivity contribution in [3.63, 3.8) is 0 Å². The van der Waals surface area contributed by atoms with Gasteiger partial charge >= 0.3 is 0 Å². The Morgan fingerprint density at radius 2 is 0.880 bits per heavy atom. The molecule has 50 heavy (non-hydrogen) atoms. The summed E-state index contributed by atoms with van der Waals surface area (Å²) >= 11 is 0. The smallest absolute Gasteiger partial charge is 0.235 e. The van der Waals surface area contributed by atoms with E-state index in [4.69, 9.17) is 19.9 Å². The number of benzene rings is 7. The van der Waals surface area contributed by atoms with Crippen LogP contribution in [0.4, 0.5) is 0 Å². The highest BCUT2D eigenvalue weighted by molar-refractivity contribution is 6.23. The molecule has 4 heterocycles. The summed E-state index contributed by atoms with van der Waals surface area (Å²) in [6.07, 6.45) is 3.90. The summed E-state index contributed by atoms with van der Waals surface area (Å²) in [6, 6.07) is 50.9. The molecule has 0 N–H and O–H groups in total. The zero-order valence-corrected chi connectivity index (χ0v) is 26.7. The third kappa shape index (κ3) is 3.78. The molecule has 11 rings (SSSR count). The molecule has 0 atom stereocenters. The Morgan fingerprint density at radius 3 is 1.56 bits per heavy atom. The van der Waals surface area contributed by atoms with Gasteiger partial charge in [0.1, 0.15) is 11.0 Å². The van der Waals surface area contributed by atoms with Gasteiger partial charge in [-0.15, -0.1) is 0 Å². The van der Waals surface area contributed by atoms with Crippen LogP contribution in [0.3, 0.4) is 0 Å². The van der Waals surface area contributed by atoms with E-state index in [1.54, 1.807) is 0 Å². The van der Waals surface area contributed by atoms with E-state index in [9.17, 15) is 0 Å². The maximum absolute atomic E-state index is 5.39. The van der Waals surface area contributed by atoms with Crippen molar-refractivity contribution >= 4 is 76.2 Å². The molecule has 0 radical (unpaired) electrons. The Labute approximate surface area is 285 Å². The van der Waals surface area contributed by atoms with Gasteiger partial charge in [0.15, 0.2) is 5.82 Å². The minimum atomic E-state index is 0.599. The molecule has 6 heteroatoms. The van der Waals surface area contributed by atoms with Crippen LogP contribution >= 0.6 is 0 Å². The Bertz CT molecular complexity index is 3140. The van der Waals surface area contributed by atoms with Crippen LogP contribution in [-0.4, -0.2) is 29.1 Å². The SMILES string of the molecule is c1ccc(-c2ncc3c4ccccc4c4cnc(-n5c6ccccc6c6cc7c8ccccc8n(-c8ccccc8)c7cc65)nc4c3n2)cc1. The summed E-state index contributed by atoms with van der Waals surface area (Å²) in [5, 5.41) is 8.83. The number of hydrogen-bond acceptors (Lipinski definition) is 4. The highest BCUT2D eigenvalue weighted by Gasteiger charge is 2.21. The molecule has 0 bridgehead atoms. The van der Waals surface area contributed by atoms with Gasteiger partial charge in [-0.1, -0.05) is 109 Å². The van der Waals surface area contributed by atoms with Crippen molar-refractivity contribution in [2.75, 3.05) is 0 Å². The van der Waals surface area contributed by atoms with Gasteiger partial charge in [-0.25, -0.2) is 19.9 Å². The topological polar surface area (TPSA) is 61.4 Å². The third-order valence-electron chi connectivity index (χ3n) is 10.0. The van der Waals surface area contributed by atoms with E-state index in [2.05, 4.69) is 124 Å². The lowest BCUT2D eigenvalue weighted by Crippen LogP contribution is -2.03. The lowest BCUT2D eigenvalue weighted by Gasteiger charge is -2.12. The van der Waals surface area contributed by atoms with Crippen molar-refractivity contribution in [3.8, 4) is 23.0 Å². The average Bonchev–Trinajstić information content (AvgIpc) is 3.69. The summed E-state index contributed by atoms with van der Waals surface area (Å²) in [5.41, 5.74) is 8.09. The van der Waals surface area contributed by atoms with Crippen LogP contribution in [-0.2, 0) is 0 Å². The van der Waals surface area contributed by atoms with Crippen LogP contribution in [0.15, 0.2) is 158 Å². The molecule has 6 nitrogen and oxygen atoms in total. The van der Waals surface area contributed by atoms with E-state index < -0.39 is 0 Å². The van der Waals surface area contributed by atoms with Gasteiger partial charge < -0.3 is 4.57 Å². The zero-order chi connectivity index (χ0) is 32.8. The number of para-hydroxylation sites is 3. The normalized spacial score (nSPS) is 12.0. The Hall–Kier alpha value is -6.92. The second-order valence-corrected chi connectivity index (χ2v) is 12.7. The molecular formula is C44H26N6.